The largest absolute Gasteiger partial charge is 1.00 e. The summed E-state index contributed by atoms with van der Waals surface area (Å²) in [5, 5.41) is 0. The maximum absolute atomic E-state index is 3.00. The molecule has 0 N–H and O–H groups in total. The molecule has 0 saturated heterocycles. The van der Waals surface area contributed by atoms with Gasteiger partial charge in [0.15, 0.2) is 0 Å². The zero-order chi connectivity index (χ0) is 16.5. The molecular weight excluding hydrogens is 467 g/mol. The first-order valence-corrected chi connectivity index (χ1v) is 7.96. The number of allylic oxidation sites excluding steroid dienone is 6. The number of hydrogen-bond donors (Lipinski definition) is 0. The van der Waals surface area contributed by atoms with Crippen molar-refractivity contribution in [2.45, 2.75) is 0 Å². The minimum atomic E-state index is 0. The van der Waals surface area contributed by atoms with Gasteiger partial charge in [-0.1, -0.05) is 72.8 Å². The van der Waals surface area contributed by atoms with Gasteiger partial charge in [-0.3, -0.25) is 0 Å². The smallest absolute Gasteiger partial charge is 0.0210 e. The summed E-state index contributed by atoms with van der Waals surface area (Å²) in [6, 6.07) is 20.7. The van der Waals surface area contributed by atoms with Crippen molar-refractivity contribution in [3.63, 3.8) is 0 Å². The molecule has 2 radical (unpaired) electrons. The molecule has 0 fully saturated rings. The first kappa shape index (κ1) is 22.3. The Hall–Kier alpha value is -1.78. The number of benzene rings is 2. The minimum absolute atomic E-state index is 0. The molecule has 0 spiro atoms. The van der Waals surface area contributed by atoms with Crippen LogP contribution in [0.4, 0.5) is 0 Å². The van der Waals surface area contributed by atoms with Gasteiger partial charge in [0, 0.05) is 30.2 Å². The summed E-state index contributed by atoms with van der Waals surface area (Å²) in [5.41, 5.74) is 11.0. The summed E-state index contributed by atoms with van der Waals surface area (Å²) in [7, 11) is 0. The third-order valence-corrected chi connectivity index (χ3v) is 3.65. The van der Waals surface area contributed by atoms with Crippen LogP contribution in [-0.2, 0) is 17.4 Å². The molecule has 26 heavy (non-hydrogen) atoms. The normalized spacial score (nSPS) is 13.4. The van der Waals surface area contributed by atoms with Gasteiger partial charge in [0.2, 0.25) is 0 Å². The van der Waals surface area contributed by atoms with Crippen molar-refractivity contribution in [2.75, 3.05) is 0 Å². The van der Waals surface area contributed by atoms with E-state index < -0.39 is 0 Å². The quantitative estimate of drug-likeness (QED) is 0.454. The molecule has 2 aliphatic carbocycles. The van der Waals surface area contributed by atoms with E-state index in [1.165, 1.54) is 22.3 Å². The van der Waals surface area contributed by atoms with Gasteiger partial charge in [-0.25, -0.2) is 0 Å². The van der Waals surface area contributed by atoms with Crippen molar-refractivity contribution < 1.29 is 41.3 Å². The Kier molecular flexibility index (Phi) is 10.8. The Bertz CT molecular complexity index is 785. The van der Waals surface area contributed by atoms with Gasteiger partial charge in [0.1, 0.15) is 0 Å². The maximum atomic E-state index is 3.00. The van der Waals surface area contributed by atoms with Crippen LogP contribution in [0.15, 0.2) is 109 Å². The van der Waals surface area contributed by atoms with E-state index in [9.17, 15) is 0 Å². The van der Waals surface area contributed by atoms with Crippen LogP contribution in [0.2, 0.25) is 0 Å². The number of rotatable bonds is 2. The molecule has 0 aliphatic heterocycles. The van der Waals surface area contributed by atoms with Crippen molar-refractivity contribution >= 4 is 11.1 Å². The molecule has 2 heteroatoms. The van der Waals surface area contributed by atoms with E-state index in [0.29, 0.717) is 0 Å². The minimum Gasteiger partial charge on any atom is -1.00 e. The van der Waals surface area contributed by atoms with Crippen LogP contribution in [-0.4, -0.2) is 0 Å². The molecule has 0 unspecified atom stereocenters. The molecule has 2 aromatic rings. The van der Waals surface area contributed by atoms with E-state index in [0.717, 1.165) is 0 Å². The molecule has 4 rings (SSSR count). The number of halogens is 1. The fraction of sp³-hybridized carbons (Fsp3) is 0. The third kappa shape index (κ3) is 6.85. The van der Waals surface area contributed by atoms with Crippen LogP contribution < -0.4 is 24.0 Å². The molecular formula is C24H18CrI-. The third-order valence-electron chi connectivity index (χ3n) is 3.65. The fourth-order valence-corrected chi connectivity index (χ4v) is 2.42. The van der Waals surface area contributed by atoms with Gasteiger partial charge < -0.3 is 24.0 Å². The van der Waals surface area contributed by atoms with E-state index in [4.69, 9.17) is 0 Å². The van der Waals surface area contributed by atoms with Crippen LogP contribution in [0.5, 0.6) is 0 Å². The van der Waals surface area contributed by atoms with Crippen molar-refractivity contribution in [3.05, 3.63) is 133 Å². The summed E-state index contributed by atoms with van der Waals surface area (Å²) in [6.45, 7) is 0. The van der Waals surface area contributed by atoms with Crippen LogP contribution in [0.1, 0.15) is 11.1 Å². The van der Waals surface area contributed by atoms with E-state index in [-0.39, 0.29) is 41.3 Å². The first-order valence-electron chi connectivity index (χ1n) is 7.96. The summed E-state index contributed by atoms with van der Waals surface area (Å²) in [4.78, 5) is 0. The van der Waals surface area contributed by atoms with E-state index in [2.05, 4.69) is 60.7 Å². The van der Waals surface area contributed by atoms with Gasteiger partial charge in [0.05, 0.1) is 0 Å². The van der Waals surface area contributed by atoms with Crippen molar-refractivity contribution in [3.8, 4) is 0 Å². The second kappa shape index (κ2) is 12.6. The predicted octanol–water partition coefficient (Wildman–Crippen LogP) is 3.00. The SMILES string of the molecule is C1=C[CH]C(c2ccccc2)=CC=1.C1=C[CH]C(c2ccccc2)=CC=1.[Cr].[I-]. The van der Waals surface area contributed by atoms with E-state index in [1.807, 2.05) is 60.7 Å². The Morgan fingerprint density at radius 1 is 0.500 bits per heavy atom. The van der Waals surface area contributed by atoms with Gasteiger partial charge in [-0.2, -0.15) is 0 Å². The summed E-state index contributed by atoms with van der Waals surface area (Å²) >= 11 is 0. The molecule has 2 aliphatic rings. The number of hydrogen-bond acceptors (Lipinski definition) is 0. The topological polar surface area (TPSA) is 0 Å². The molecule has 2 aromatic carbocycles. The monoisotopic (exact) mass is 485 g/mol. The average molecular weight is 485 g/mol. The summed E-state index contributed by atoms with van der Waals surface area (Å²) in [6.07, 6.45) is 16.0. The molecule has 0 bridgehead atoms. The maximum Gasteiger partial charge on any atom is 0.0210 e. The van der Waals surface area contributed by atoms with Gasteiger partial charge in [0.25, 0.3) is 0 Å². The molecule has 0 aromatic heterocycles. The average Bonchev–Trinajstić information content (AvgIpc) is 2.71. The standard InChI is InChI=1S/2C12H9.Cr.HI/c2*1-3-7-11(8-4-1)12-9-5-2-6-10-12;;/h2*1,3-10H;;1H/p-1. The fourth-order valence-electron chi connectivity index (χ4n) is 2.42. The molecule has 0 saturated carbocycles. The van der Waals surface area contributed by atoms with Gasteiger partial charge in [-0.15, -0.1) is 11.5 Å². The second-order valence-corrected chi connectivity index (χ2v) is 5.31. The summed E-state index contributed by atoms with van der Waals surface area (Å²) in [5.74, 6) is 0. The van der Waals surface area contributed by atoms with Crippen LogP contribution in [0, 0.1) is 12.8 Å². The van der Waals surface area contributed by atoms with Gasteiger partial charge >= 0.3 is 0 Å². The Labute approximate surface area is 184 Å². The molecule has 128 valence electrons. The predicted molar refractivity (Wildman–Crippen MR) is 103 cm³/mol. The molecule has 0 atom stereocenters. The summed E-state index contributed by atoms with van der Waals surface area (Å²) < 4.78 is 0. The Morgan fingerprint density at radius 3 is 1.19 bits per heavy atom. The first-order chi connectivity index (χ1) is 11.9. The zero-order valence-electron chi connectivity index (χ0n) is 14.2. The van der Waals surface area contributed by atoms with E-state index >= 15 is 0 Å². The molecule has 0 heterocycles. The van der Waals surface area contributed by atoms with Crippen molar-refractivity contribution in [1.29, 1.82) is 0 Å². The van der Waals surface area contributed by atoms with Crippen LogP contribution in [0.25, 0.3) is 11.1 Å². The van der Waals surface area contributed by atoms with Crippen molar-refractivity contribution in [2.24, 2.45) is 0 Å². The zero-order valence-corrected chi connectivity index (χ0v) is 17.6. The Morgan fingerprint density at radius 2 is 0.885 bits per heavy atom. The van der Waals surface area contributed by atoms with E-state index in [1.54, 1.807) is 0 Å². The Balaban J connectivity index is 0.000000241. The van der Waals surface area contributed by atoms with Crippen LogP contribution >= 0.6 is 0 Å². The molecule has 0 amide bonds. The molecule has 0 nitrogen and oxygen atoms in total. The second-order valence-electron chi connectivity index (χ2n) is 5.31. The van der Waals surface area contributed by atoms with Gasteiger partial charge in [-0.05, 0) is 46.6 Å². The van der Waals surface area contributed by atoms with Crippen LogP contribution in [0.3, 0.4) is 0 Å². The van der Waals surface area contributed by atoms with Crippen molar-refractivity contribution in [1.82, 2.24) is 0 Å².